The molecule has 1 aromatic carbocycles. The van der Waals surface area contributed by atoms with E-state index in [4.69, 9.17) is 9.47 Å². The zero-order valence-electron chi connectivity index (χ0n) is 12.0. The fourth-order valence-corrected chi connectivity index (χ4v) is 2.20. The van der Waals surface area contributed by atoms with Gasteiger partial charge in [-0.2, -0.15) is 0 Å². The minimum absolute atomic E-state index is 0.132. The van der Waals surface area contributed by atoms with Crippen molar-refractivity contribution in [1.82, 2.24) is 5.32 Å². The van der Waals surface area contributed by atoms with E-state index in [0.717, 1.165) is 0 Å². The lowest BCUT2D eigenvalue weighted by atomic mass is 9.95. The fraction of sp³-hybridized carbons (Fsp3) is 0.600. The molecule has 3 nitrogen and oxygen atoms in total. The van der Waals surface area contributed by atoms with Crippen molar-refractivity contribution >= 4 is 0 Å². The van der Waals surface area contributed by atoms with Gasteiger partial charge in [-0.25, -0.2) is 0 Å². The van der Waals surface area contributed by atoms with Crippen molar-refractivity contribution in [3.63, 3.8) is 0 Å². The summed E-state index contributed by atoms with van der Waals surface area (Å²) in [6.45, 7) is 6.51. The molecule has 0 spiro atoms. The number of methoxy groups -OCH3 is 2. The first-order valence-corrected chi connectivity index (χ1v) is 6.46. The van der Waals surface area contributed by atoms with E-state index in [9.17, 15) is 0 Å². The van der Waals surface area contributed by atoms with E-state index in [1.54, 1.807) is 14.2 Å². The summed E-state index contributed by atoms with van der Waals surface area (Å²) in [5.74, 6) is 0.504. The first-order valence-electron chi connectivity index (χ1n) is 6.46. The Labute approximate surface area is 110 Å². The molecule has 1 N–H and O–H groups in total. The largest absolute Gasteiger partial charge is 0.354 e. The van der Waals surface area contributed by atoms with Crippen LogP contribution in [0.3, 0.4) is 0 Å². The minimum atomic E-state index is -0.227. The van der Waals surface area contributed by atoms with Crippen molar-refractivity contribution in [3.05, 3.63) is 35.9 Å². The van der Waals surface area contributed by atoms with E-state index in [0.29, 0.717) is 12.0 Å². The summed E-state index contributed by atoms with van der Waals surface area (Å²) >= 11 is 0. The van der Waals surface area contributed by atoms with E-state index in [2.05, 4.69) is 50.4 Å². The molecule has 0 aliphatic heterocycles. The van der Waals surface area contributed by atoms with Gasteiger partial charge in [0.05, 0.1) is 6.04 Å². The summed E-state index contributed by atoms with van der Waals surface area (Å²) in [5.41, 5.74) is 1.30. The Morgan fingerprint density at radius 1 is 0.944 bits per heavy atom. The molecule has 0 aromatic heterocycles. The lowest BCUT2D eigenvalue weighted by molar-refractivity contribution is -0.121. The highest BCUT2D eigenvalue weighted by atomic mass is 16.7. The lowest BCUT2D eigenvalue weighted by Gasteiger charge is -2.30. The quantitative estimate of drug-likeness (QED) is 0.756. The van der Waals surface area contributed by atoms with E-state index in [-0.39, 0.29) is 12.3 Å². The third kappa shape index (κ3) is 4.09. The van der Waals surface area contributed by atoms with Gasteiger partial charge < -0.3 is 14.8 Å². The molecule has 0 aliphatic rings. The third-order valence-corrected chi connectivity index (χ3v) is 3.14. The van der Waals surface area contributed by atoms with Gasteiger partial charge in [0.2, 0.25) is 0 Å². The van der Waals surface area contributed by atoms with Gasteiger partial charge in [0.1, 0.15) is 0 Å². The minimum Gasteiger partial charge on any atom is -0.354 e. The molecule has 3 heteroatoms. The second-order valence-corrected chi connectivity index (χ2v) is 4.93. The van der Waals surface area contributed by atoms with Gasteiger partial charge in [0, 0.05) is 20.3 Å². The van der Waals surface area contributed by atoms with Crippen LogP contribution < -0.4 is 5.32 Å². The second-order valence-electron chi connectivity index (χ2n) is 4.93. The smallest absolute Gasteiger partial charge is 0.171 e. The molecule has 1 rings (SSSR count). The van der Waals surface area contributed by atoms with Crippen molar-refractivity contribution in [2.24, 2.45) is 5.92 Å². The topological polar surface area (TPSA) is 30.5 Å². The molecule has 0 bridgehead atoms. The normalized spacial score (nSPS) is 15.1. The number of ether oxygens (including phenoxy) is 2. The monoisotopic (exact) mass is 251 g/mol. The highest BCUT2D eigenvalue weighted by molar-refractivity contribution is 5.19. The van der Waals surface area contributed by atoms with Crippen LogP contribution in [-0.2, 0) is 9.47 Å². The van der Waals surface area contributed by atoms with Crippen molar-refractivity contribution in [2.75, 3.05) is 14.2 Å². The van der Waals surface area contributed by atoms with E-state index in [1.807, 2.05) is 6.07 Å². The Balaban J connectivity index is 2.76. The van der Waals surface area contributed by atoms with Crippen molar-refractivity contribution < 1.29 is 9.47 Å². The molecule has 102 valence electrons. The van der Waals surface area contributed by atoms with Crippen LogP contribution >= 0.6 is 0 Å². The summed E-state index contributed by atoms with van der Waals surface area (Å²) in [5, 5.41) is 3.58. The highest BCUT2D eigenvalue weighted by Gasteiger charge is 2.22. The molecule has 0 aliphatic carbocycles. The maximum atomic E-state index is 5.29. The molecule has 1 aromatic rings. The Morgan fingerprint density at radius 2 is 1.50 bits per heavy atom. The van der Waals surface area contributed by atoms with Gasteiger partial charge >= 0.3 is 0 Å². The average molecular weight is 251 g/mol. The SMILES string of the molecule is COC(OC)C(C)NC(c1ccccc1)C(C)C. The molecule has 0 saturated heterocycles. The molecule has 2 atom stereocenters. The molecule has 18 heavy (non-hydrogen) atoms. The average Bonchev–Trinajstić information content (AvgIpc) is 2.38. The molecule has 0 radical (unpaired) electrons. The van der Waals surface area contributed by atoms with Gasteiger partial charge in [-0.05, 0) is 18.4 Å². The second kappa shape index (κ2) is 7.52. The number of nitrogens with one attached hydrogen (secondary N) is 1. The van der Waals surface area contributed by atoms with Crippen LogP contribution in [0, 0.1) is 5.92 Å². The number of rotatable bonds is 7. The predicted octanol–water partition coefficient (Wildman–Crippen LogP) is 2.98. The van der Waals surface area contributed by atoms with Crippen LogP contribution in [0.4, 0.5) is 0 Å². The zero-order chi connectivity index (χ0) is 13.5. The third-order valence-electron chi connectivity index (χ3n) is 3.14. The zero-order valence-corrected chi connectivity index (χ0v) is 12.0. The van der Waals surface area contributed by atoms with E-state index in [1.165, 1.54) is 5.56 Å². The van der Waals surface area contributed by atoms with Crippen LogP contribution in [0.15, 0.2) is 30.3 Å². The Hall–Kier alpha value is -0.900. The van der Waals surface area contributed by atoms with Crippen LogP contribution in [0.1, 0.15) is 32.4 Å². The summed E-state index contributed by atoms with van der Waals surface area (Å²) in [7, 11) is 3.33. The van der Waals surface area contributed by atoms with Crippen molar-refractivity contribution in [2.45, 2.75) is 39.1 Å². The molecule has 0 amide bonds. The molecular formula is C15H25NO2. The first-order chi connectivity index (χ1) is 8.60. The maximum Gasteiger partial charge on any atom is 0.171 e. The predicted molar refractivity (Wildman–Crippen MR) is 74.4 cm³/mol. The standard InChI is InChI=1S/C15H25NO2/c1-11(2)14(13-9-7-6-8-10-13)16-12(3)15(17-4)18-5/h6-12,14-16H,1-5H3. The van der Waals surface area contributed by atoms with Gasteiger partial charge in [0.25, 0.3) is 0 Å². The Morgan fingerprint density at radius 3 is 1.94 bits per heavy atom. The molecular weight excluding hydrogens is 226 g/mol. The number of benzene rings is 1. The molecule has 0 fully saturated rings. The van der Waals surface area contributed by atoms with Gasteiger partial charge in [0.15, 0.2) is 6.29 Å². The first kappa shape index (κ1) is 15.2. The van der Waals surface area contributed by atoms with Crippen molar-refractivity contribution in [3.8, 4) is 0 Å². The van der Waals surface area contributed by atoms with Gasteiger partial charge in [-0.3, -0.25) is 0 Å². The van der Waals surface area contributed by atoms with E-state index < -0.39 is 0 Å². The van der Waals surface area contributed by atoms with Crippen LogP contribution in [0.25, 0.3) is 0 Å². The summed E-state index contributed by atoms with van der Waals surface area (Å²) in [4.78, 5) is 0. The van der Waals surface area contributed by atoms with E-state index >= 15 is 0 Å². The van der Waals surface area contributed by atoms with Gasteiger partial charge in [-0.1, -0.05) is 44.2 Å². The molecule has 0 heterocycles. The number of hydrogen-bond acceptors (Lipinski definition) is 3. The Kier molecular flexibility index (Phi) is 6.33. The lowest BCUT2D eigenvalue weighted by Crippen LogP contribution is -2.43. The Bertz CT molecular complexity index is 323. The summed E-state index contributed by atoms with van der Waals surface area (Å²) in [6, 6.07) is 10.9. The highest BCUT2D eigenvalue weighted by Crippen LogP contribution is 2.22. The van der Waals surface area contributed by atoms with Crippen LogP contribution in [0.2, 0.25) is 0 Å². The van der Waals surface area contributed by atoms with Crippen LogP contribution in [0.5, 0.6) is 0 Å². The van der Waals surface area contributed by atoms with Crippen LogP contribution in [-0.4, -0.2) is 26.6 Å². The fourth-order valence-electron chi connectivity index (χ4n) is 2.20. The van der Waals surface area contributed by atoms with Crippen molar-refractivity contribution in [1.29, 1.82) is 0 Å². The summed E-state index contributed by atoms with van der Waals surface area (Å²) < 4.78 is 10.6. The summed E-state index contributed by atoms with van der Waals surface area (Å²) in [6.07, 6.45) is -0.227. The number of hydrogen-bond donors (Lipinski definition) is 1. The van der Waals surface area contributed by atoms with Gasteiger partial charge in [-0.15, -0.1) is 0 Å². The maximum absolute atomic E-state index is 5.29. The molecule has 0 saturated carbocycles. The molecule has 2 unspecified atom stereocenters.